The van der Waals surface area contributed by atoms with E-state index in [2.05, 4.69) is 15.2 Å². The Morgan fingerprint density at radius 2 is 2.64 bits per heavy atom. The third-order valence-corrected chi connectivity index (χ3v) is 1.85. The molecule has 0 saturated carbocycles. The number of nitrogens with one attached hydrogen (secondary N) is 1. The zero-order valence-corrected chi connectivity index (χ0v) is 7.21. The largest absolute Gasteiger partial charge is 0.363 e. The number of rotatable bonds is 4. The fourth-order valence-electron chi connectivity index (χ4n) is 1.22. The Kier molecular flexibility index (Phi) is 3.98. The van der Waals surface area contributed by atoms with E-state index in [9.17, 15) is 0 Å². The van der Waals surface area contributed by atoms with Gasteiger partial charge in [0.2, 0.25) is 0 Å². The highest BCUT2D eigenvalue weighted by atomic mass is 15.2. The topological polar surface area (TPSA) is 27.6 Å². The summed E-state index contributed by atoms with van der Waals surface area (Å²) < 4.78 is 0. The van der Waals surface area contributed by atoms with Gasteiger partial charge in [-0.05, 0) is 26.4 Å². The predicted molar refractivity (Wildman–Crippen MR) is 50.2 cm³/mol. The van der Waals surface area contributed by atoms with E-state index in [1.165, 1.54) is 19.4 Å². The molecule has 1 N–H and O–H groups in total. The van der Waals surface area contributed by atoms with E-state index in [-0.39, 0.29) is 1.43 Å². The fourth-order valence-corrected chi connectivity index (χ4v) is 1.22. The molecule has 1 aliphatic heterocycles. The van der Waals surface area contributed by atoms with Crippen molar-refractivity contribution >= 4 is 6.34 Å². The maximum atomic E-state index is 4.22. The van der Waals surface area contributed by atoms with E-state index in [1.54, 1.807) is 0 Å². The standard InChI is InChI=1S/C8H17N3.H2/c1-9-4-2-6-11-7-3-5-10-8-11;/h8-9H,2-7H2,1H3;1H. The van der Waals surface area contributed by atoms with Crippen molar-refractivity contribution in [2.75, 3.05) is 33.2 Å². The van der Waals surface area contributed by atoms with Gasteiger partial charge < -0.3 is 10.2 Å². The molecule has 0 aromatic carbocycles. The first-order chi connectivity index (χ1) is 5.43. The van der Waals surface area contributed by atoms with Crippen LogP contribution in [0.4, 0.5) is 0 Å². The lowest BCUT2D eigenvalue weighted by Crippen LogP contribution is -2.29. The molecule has 0 spiro atoms. The van der Waals surface area contributed by atoms with Gasteiger partial charge in [-0.2, -0.15) is 0 Å². The van der Waals surface area contributed by atoms with Gasteiger partial charge in [-0.25, -0.2) is 0 Å². The van der Waals surface area contributed by atoms with E-state index in [4.69, 9.17) is 0 Å². The minimum absolute atomic E-state index is 0. The Labute approximate surface area is 70.0 Å². The number of hydrogen-bond donors (Lipinski definition) is 1. The summed E-state index contributed by atoms with van der Waals surface area (Å²) >= 11 is 0. The Morgan fingerprint density at radius 1 is 1.73 bits per heavy atom. The average molecular weight is 157 g/mol. The van der Waals surface area contributed by atoms with Crippen LogP contribution in [0.25, 0.3) is 0 Å². The van der Waals surface area contributed by atoms with Crippen molar-refractivity contribution in [2.24, 2.45) is 4.99 Å². The molecule has 0 amide bonds. The van der Waals surface area contributed by atoms with Gasteiger partial charge in [-0.1, -0.05) is 0 Å². The Morgan fingerprint density at radius 3 is 3.27 bits per heavy atom. The summed E-state index contributed by atoms with van der Waals surface area (Å²) in [6.07, 6.45) is 4.41. The number of aliphatic imine (C=N–C) groups is 1. The van der Waals surface area contributed by atoms with Crippen LogP contribution in [-0.4, -0.2) is 44.5 Å². The Hall–Kier alpha value is -0.570. The molecule has 0 saturated heterocycles. The molecule has 1 rings (SSSR count). The molecule has 0 aromatic heterocycles. The maximum absolute atomic E-state index is 4.22. The third kappa shape index (κ3) is 3.37. The number of hydrogen-bond acceptors (Lipinski definition) is 3. The highest BCUT2D eigenvalue weighted by Crippen LogP contribution is 1.96. The van der Waals surface area contributed by atoms with Crippen molar-refractivity contribution in [3.05, 3.63) is 0 Å². The van der Waals surface area contributed by atoms with Crippen molar-refractivity contribution in [1.82, 2.24) is 10.2 Å². The van der Waals surface area contributed by atoms with Crippen LogP contribution in [0.3, 0.4) is 0 Å². The first-order valence-corrected chi connectivity index (χ1v) is 4.32. The van der Waals surface area contributed by atoms with E-state index in [0.29, 0.717) is 0 Å². The molecule has 0 bridgehead atoms. The van der Waals surface area contributed by atoms with Crippen molar-refractivity contribution in [3.63, 3.8) is 0 Å². The van der Waals surface area contributed by atoms with Crippen LogP contribution in [0.15, 0.2) is 4.99 Å². The van der Waals surface area contributed by atoms with Gasteiger partial charge in [-0.15, -0.1) is 0 Å². The second kappa shape index (κ2) is 5.13. The smallest absolute Gasteiger partial charge is 0.0849 e. The van der Waals surface area contributed by atoms with Gasteiger partial charge in [0, 0.05) is 21.1 Å². The lowest BCUT2D eigenvalue weighted by Gasteiger charge is -2.21. The van der Waals surface area contributed by atoms with Crippen LogP contribution in [-0.2, 0) is 0 Å². The zero-order chi connectivity index (χ0) is 7.94. The second-order valence-corrected chi connectivity index (χ2v) is 2.87. The first-order valence-electron chi connectivity index (χ1n) is 4.32. The van der Waals surface area contributed by atoms with E-state index in [1.807, 2.05) is 13.4 Å². The van der Waals surface area contributed by atoms with Crippen molar-refractivity contribution in [3.8, 4) is 0 Å². The van der Waals surface area contributed by atoms with Crippen LogP contribution < -0.4 is 5.32 Å². The van der Waals surface area contributed by atoms with Crippen molar-refractivity contribution in [2.45, 2.75) is 12.8 Å². The maximum Gasteiger partial charge on any atom is 0.0849 e. The molecule has 1 heterocycles. The highest BCUT2D eigenvalue weighted by Gasteiger charge is 2.02. The molecule has 0 aromatic rings. The highest BCUT2D eigenvalue weighted by molar-refractivity contribution is 5.55. The molecule has 0 atom stereocenters. The minimum atomic E-state index is 0. The molecule has 0 fully saturated rings. The van der Waals surface area contributed by atoms with Crippen molar-refractivity contribution in [1.29, 1.82) is 0 Å². The van der Waals surface area contributed by atoms with Gasteiger partial charge >= 0.3 is 0 Å². The second-order valence-electron chi connectivity index (χ2n) is 2.87. The van der Waals surface area contributed by atoms with Gasteiger partial charge in [0.25, 0.3) is 0 Å². The molecule has 1 aliphatic rings. The molecule has 11 heavy (non-hydrogen) atoms. The van der Waals surface area contributed by atoms with Gasteiger partial charge in [0.1, 0.15) is 0 Å². The van der Waals surface area contributed by atoms with Crippen LogP contribution >= 0.6 is 0 Å². The normalized spacial score (nSPS) is 17.4. The summed E-state index contributed by atoms with van der Waals surface area (Å²) in [6, 6.07) is 0. The third-order valence-electron chi connectivity index (χ3n) is 1.85. The SMILES string of the molecule is CNCCCN1C=NCCC1.[HH]. The first kappa shape index (κ1) is 8.53. The molecular formula is C8H19N3. The number of nitrogens with zero attached hydrogens (tertiary/aromatic N) is 2. The van der Waals surface area contributed by atoms with E-state index < -0.39 is 0 Å². The summed E-state index contributed by atoms with van der Waals surface area (Å²) in [6.45, 7) is 4.45. The lowest BCUT2D eigenvalue weighted by atomic mass is 10.3. The van der Waals surface area contributed by atoms with Crippen LogP contribution in [0, 0.1) is 0 Å². The van der Waals surface area contributed by atoms with Crippen LogP contribution in [0.5, 0.6) is 0 Å². The zero-order valence-electron chi connectivity index (χ0n) is 7.21. The molecule has 66 valence electrons. The summed E-state index contributed by atoms with van der Waals surface area (Å²) in [7, 11) is 1.99. The van der Waals surface area contributed by atoms with Crippen LogP contribution in [0.1, 0.15) is 14.3 Å². The lowest BCUT2D eigenvalue weighted by molar-refractivity contribution is 0.397. The Bertz CT molecular complexity index is 127. The molecule has 3 heteroatoms. The summed E-state index contributed by atoms with van der Waals surface area (Å²) in [5.41, 5.74) is 0. The van der Waals surface area contributed by atoms with Crippen LogP contribution in [0.2, 0.25) is 0 Å². The summed E-state index contributed by atoms with van der Waals surface area (Å²) in [4.78, 5) is 6.51. The van der Waals surface area contributed by atoms with E-state index in [0.717, 1.165) is 19.6 Å². The van der Waals surface area contributed by atoms with Gasteiger partial charge in [-0.3, -0.25) is 4.99 Å². The molecule has 3 nitrogen and oxygen atoms in total. The molecule has 0 radical (unpaired) electrons. The van der Waals surface area contributed by atoms with Gasteiger partial charge in [0.05, 0.1) is 6.34 Å². The summed E-state index contributed by atoms with van der Waals surface area (Å²) in [5, 5.41) is 3.14. The monoisotopic (exact) mass is 157 g/mol. The quantitative estimate of drug-likeness (QED) is 0.604. The summed E-state index contributed by atoms with van der Waals surface area (Å²) in [5.74, 6) is 0. The van der Waals surface area contributed by atoms with E-state index >= 15 is 0 Å². The van der Waals surface area contributed by atoms with Gasteiger partial charge in [0.15, 0.2) is 0 Å². The fraction of sp³-hybridized carbons (Fsp3) is 0.875. The molecular weight excluding hydrogens is 138 g/mol. The predicted octanol–water partition coefficient (Wildman–Crippen LogP) is 0.576. The van der Waals surface area contributed by atoms with Crippen molar-refractivity contribution < 1.29 is 1.43 Å². The molecule has 0 unspecified atom stereocenters. The minimum Gasteiger partial charge on any atom is -0.363 e. The molecule has 0 aliphatic carbocycles. The average Bonchev–Trinajstić information content (AvgIpc) is 2.07. The Balaban J connectivity index is 0.00000121.